The van der Waals surface area contributed by atoms with E-state index < -0.39 is 9.84 Å². The monoisotopic (exact) mass is 262 g/mol. The van der Waals surface area contributed by atoms with Crippen LogP contribution in [-0.4, -0.2) is 42.9 Å². The number of amidine groups is 1. The van der Waals surface area contributed by atoms with Gasteiger partial charge in [0, 0.05) is 12.3 Å². The first-order valence-corrected chi connectivity index (χ1v) is 8.35. The van der Waals surface area contributed by atoms with Crippen molar-refractivity contribution in [3.63, 3.8) is 0 Å². The fourth-order valence-corrected chi connectivity index (χ4v) is 5.13. The Morgan fingerprint density at radius 2 is 2.31 bits per heavy atom. The summed E-state index contributed by atoms with van der Waals surface area (Å²) in [7, 11) is -2.84. The van der Waals surface area contributed by atoms with Crippen LogP contribution in [0.3, 0.4) is 0 Å². The van der Waals surface area contributed by atoms with Gasteiger partial charge >= 0.3 is 0 Å². The predicted molar refractivity (Wildman–Crippen MR) is 68.7 cm³/mol. The molecule has 1 fully saturated rings. The van der Waals surface area contributed by atoms with Crippen LogP contribution in [0.1, 0.15) is 20.3 Å². The minimum atomic E-state index is -2.84. The van der Waals surface area contributed by atoms with Gasteiger partial charge in [0.15, 0.2) is 15.0 Å². The van der Waals surface area contributed by atoms with E-state index in [0.29, 0.717) is 18.1 Å². The van der Waals surface area contributed by atoms with Crippen LogP contribution in [0, 0.1) is 5.92 Å². The topological polar surface area (TPSA) is 58.5 Å². The highest BCUT2D eigenvalue weighted by atomic mass is 32.2. The Kier molecular flexibility index (Phi) is 3.22. The second-order valence-electron chi connectivity index (χ2n) is 5.09. The fourth-order valence-electron chi connectivity index (χ4n) is 2.00. The molecule has 0 bridgehead atoms. The minimum Gasteiger partial charge on any atom is -0.359 e. The zero-order valence-corrected chi connectivity index (χ0v) is 11.3. The molecule has 1 saturated heterocycles. The zero-order chi connectivity index (χ0) is 11.8. The van der Waals surface area contributed by atoms with Crippen LogP contribution < -0.4 is 5.32 Å². The van der Waals surface area contributed by atoms with E-state index in [1.165, 1.54) is 0 Å². The Morgan fingerprint density at radius 3 is 2.81 bits per heavy atom. The van der Waals surface area contributed by atoms with E-state index in [4.69, 9.17) is 0 Å². The van der Waals surface area contributed by atoms with E-state index >= 15 is 0 Å². The quantitative estimate of drug-likeness (QED) is 0.762. The smallest absolute Gasteiger partial charge is 0.157 e. The van der Waals surface area contributed by atoms with Crippen molar-refractivity contribution in [1.82, 2.24) is 5.32 Å². The Morgan fingerprint density at radius 1 is 1.56 bits per heavy atom. The van der Waals surface area contributed by atoms with Crippen LogP contribution in [0.5, 0.6) is 0 Å². The molecule has 0 spiro atoms. The highest BCUT2D eigenvalue weighted by Crippen LogP contribution is 2.25. The second-order valence-corrected chi connectivity index (χ2v) is 8.28. The number of hydrogen-bond acceptors (Lipinski definition) is 5. The van der Waals surface area contributed by atoms with Crippen LogP contribution in [0.4, 0.5) is 0 Å². The normalized spacial score (nSPS) is 38.1. The largest absolute Gasteiger partial charge is 0.359 e. The molecule has 0 aromatic rings. The lowest BCUT2D eigenvalue weighted by Crippen LogP contribution is -2.46. The Balaban J connectivity index is 2.00. The number of nitrogens with zero attached hydrogens (tertiary/aromatic N) is 1. The van der Waals surface area contributed by atoms with Gasteiger partial charge in [0.2, 0.25) is 0 Å². The van der Waals surface area contributed by atoms with Gasteiger partial charge in [-0.3, -0.25) is 4.99 Å². The molecule has 2 rings (SSSR count). The molecule has 6 heteroatoms. The van der Waals surface area contributed by atoms with Crippen molar-refractivity contribution in [1.29, 1.82) is 0 Å². The Bertz CT molecular complexity index is 405. The van der Waals surface area contributed by atoms with Gasteiger partial charge in [-0.1, -0.05) is 18.7 Å². The minimum absolute atomic E-state index is 0.231. The third-order valence-electron chi connectivity index (χ3n) is 2.96. The lowest BCUT2D eigenvalue weighted by atomic mass is 10.0. The summed E-state index contributed by atoms with van der Waals surface area (Å²) in [6.45, 7) is 4.99. The van der Waals surface area contributed by atoms with Gasteiger partial charge < -0.3 is 5.32 Å². The van der Waals surface area contributed by atoms with Gasteiger partial charge in [-0.05, 0) is 19.3 Å². The van der Waals surface area contributed by atoms with Crippen molar-refractivity contribution < 1.29 is 8.42 Å². The van der Waals surface area contributed by atoms with Gasteiger partial charge in [0.1, 0.15) is 0 Å². The summed E-state index contributed by atoms with van der Waals surface area (Å²) in [6.07, 6.45) is 0.685. The molecular weight excluding hydrogens is 244 g/mol. The number of hydrogen-bond donors (Lipinski definition) is 1. The molecule has 2 aliphatic rings. The third-order valence-corrected chi connectivity index (χ3v) is 6.11. The first-order chi connectivity index (χ1) is 7.39. The van der Waals surface area contributed by atoms with Gasteiger partial charge in [-0.15, -0.1) is 0 Å². The molecule has 0 amide bonds. The molecule has 0 saturated carbocycles. The molecule has 0 aliphatic carbocycles. The van der Waals surface area contributed by atoms with Gasteiger partial charge in [0.25, 0.3) is 0 Å². The summed E-state index contributed by atoms with van der Waals surface area (Å²) in [5.74, 6) is 2.21. The molecule has 0 aromatic carbocycles. The summed E-state index contributed by atoms with van der Waals surface area (Å²) in [4.78, 5) is 4.44. The van der Waals surface area contributed by atoms with Crippen molar-refractivity contribution in [2.45, 2.75) is 25.8 Å². The summed E-state index contributed by atoms with van der Waals surface area (Å²) in [5.41, 5.74) is -0.314. The number of nitrogens with one attached hydrogen (secondary N) is 1. The third kappa shape index (κ3) is 2.91. The first-order valence-electron chi connectivity index (χ1n) is 5.54. The van der Waals surface area contributed by atoms with Crippen LogP contribution in [0.25, 0.3) is 0 Å². The standard InChI is InChI=1S/C10H18N2O2S2/c1-8-5-11-9(15-6-8)12-10(2)3-4-16(13,14)7-10/h8H,3-7H2,1-2H3,(H,11,12). The number of rotatable bonds is 1. The number of sulfone groups is 1. The summed E-state index contributed by atoms with van der Waals surface area (Å²) in [5, 5.41) is 4.22. The second kappa shape index (κ2) is 4.22. The van der Waals surface area contributed by atoms with E-state index in [1.807, 2.05) is 6.92 Å². The summed E-state index contributed by atoms with van der Waals surface area (Å²) < 4.78 is 22.9. The molecule has 16 heavy (non-hydrogen) atoms. The molecule has 0 radical (unpaired) electrons. The molecule has 2 unspecified atom stereocenters. The maximum Gasteiger partial charge on any atom is 0.157 e. The van der Waals surface area contributed by atoms with Crippen LogP contribution in [0.2, 0.25) is 0 Å². The van der Waals surface area contributed by atoms with Gasteiger partial charge in [-0.2, -0.15) is 0 Å². The van der Waals surface area contributed by atoms with Crippen LogP contribution in [-0.2, 0) is 9.84 Å². The van der Waals surface area contributed by atoms with E-state index in [-0.39, 0.29) is 11.3 Å². The van der Waals surface area contributed by atoms with Crippen LogP contribution in [0.15, 0.2) is 4.99 Å². The molecular formula is C10H18N2O2S2. The van der Waals surface area contributed by atoms with Crippen molar-refractivity contribution in [2.75, 3.05) is 23.8 Å². The lowest BCUT2D eigenvalue weighted by Gasteiger charge is -2.28. The molecule has 2 atom stereocenters. The van der Waals surface area contributed by atoms with E-state index in [1.54, 1.807) is 11.8 Å². The molecule has 0 aromatic heterocycles. The molecule has 1 N–H and O–H groups in total. The van der Waals surface area contributed by atoms with Crippen molar-refractivity contribution in [2.24, 2.45) is 10.9 Å². The molecule has 92 valence electrons. The van der Waals surface area contributed by atoms with E-state index in [9.17, 15) is 8.42 Å². The van der Waals surface area contributed by atoms with E-state index in [2.05, 4.69) is 17.2 Å². The Labute approximate surface area is 101 Å². The maximum absolute atomic E-state index is 11.5. The average Bonchev–Trinajstić information content (AvgIpc) is 2.45. The fraction of sp³-hybridized carbons (Fsp3) is 0.900. The summed E-state index contributed by atoms with van der Waals surface area (Å²) >= 11 is 1.70. The average molecular weight is 262 g/mol. The van der Waals surface area contributed by atoms with E-state index in [0.717, 1.165) is 17.5 Å². The summed E-state index contributed by atoms with van der Waals surface area (Å²) in [6, 6.07) is 0. The van der Waals surface area contributed by atoms with Crippen molar-refractivity contribution in [3.8, 4) is 0 Å². The SMILES string of the molecule is CC1CN=C(NC2(C)CCS(=O)(=O)C2)SC1. The van der Waals surface area contributed by atoms with Crippen molar-refractivity contribution in [3.05, 3.63) is 0 Å². The predicted octanol–water partition coefficient (Wildman–Crippen LogP) is 0.892. The number of aliphatic imine (C=N–C) groups is 1. The lowest BCUT2D eigenvalue weighted by molar-refractivity contribution is 0.473. The molecule has 2 aliphatic heterocycles. The Hall–Kier alpha value is -0.230. The zero-order valence-electron chi connectivity index (χ0n) is 9.69. The van der Waals surface area contributed by atoms with Gasteiger partial charge in [-0.25, -0.2) is 8.42 Å². The highest BCUT2D eigenvalue weighted by molar-refractivity contribution is 8.13. The van der Waals surface area contributed by atoms with Crippen LogP contribution >= 0.6 is 11.8 Å². The van der Waals surface area contributed by atoms with Crippen molar-refractivity contribution >= 4 is 26.8 Å². The highest BCUT2D eigenvalue weighted by Gasteiger charge is 2.39. The molecule has 2 heterocycles. The maximum atomic E-state index is 11.5. The van der Waals surface area contributed by atoms with Gasteiger partial charge in [0.05, 0.1) is 17.0 Å². The molecule has 4 nitrogen and oxygen atoms in total. The first kappa shape index (κ1) is 12.2. The number of thioether (sulfide) groups is 1.